The molecule has 0 atom stereocenters. The molecule has 30 heavy (non-hydrogen) atoms. The van der Waals surface area contributed by atoms with Crippen molar-refractivity contribution in [2.24, 2.45) is 23.7 Å². The molecule has 0 saturated heterocycles. The fraction of sp³-hybridized carbons (Fsp3) is 0.643. The van der Waals surface area contributed by atoms with Crippen LogP contribution in [-0.4, -0.2) is 7.11 Å². The maximum absolute atomic E-state index is 14.4. The van der Waals surface area contributed by atoms with Crippen LogP contribution in [0.25, 0.3) is 10.8 Å². The number of halogens is 1. The molecular weight excluding hydrogens is 371 g/mol. The van der Waals surface area contributed by atoms with Crippen LogP contribution in [0.2, 0.25) is 0 Å². The number of aryl methyl sites for hydroxylation is 1. The molecule has 2 aromatic rings. The molecule has 0 spiro atoms. The van der Waals surface area contributed by atoms with E-state index in [1.165, 1.54) is 83.3 Å². The molecule has 2 fully saturated rings. The van der Waals surface area contributed by atoms with Crippen LogP contribution in [0.5, 0.6) is 5.75 Å². The van der Waals surface area contributed by atoms with Gasteiger partial charge in [0.15, 0.2) is 11.6 Å². The summed E-state index contributed by atoms with van der Waals surface area (Å²) < 4.78 is 19.5. The second-order valence-electron chi connectivity index (χ2n) is 10.0. The van der Waals surface area contributed by atoms with Crippen LogP contribution in [0.15, 0.2) is 30.3 Å². The molecule has 0 unspecified atom stereocenters. The van der Waals surface area contributed by atoms with Gasteiger partial charge in [-0.1, -0.05) is 69.7 Å². The molecule has 1 nitrogen and oxygen atoms in total. The first kappa shape index (κ1) is 21.7. The summed E-state index contributed by atoms with van der Waals surface area (Å²) in [6.45, 7) is 2.33. The molecule has 0 heterocycles. The number of hydrogen-bond acceptors (Lipinski definition) is 1. The van der Waals surface area contributed by atoms with Gasteiger partial charge < -0.3 is 4.74 Å². The first-order chi connectivity index (χ1) is 14.7. The lowest BCUT2D eigenvalue weighted by Gasteiger charge is -2.38. The molecular formula is C28H39FO. The minimum absolute atomic E-state index is 0.247. The van der Waals surface area contributed by atoms with Crippen molar-refractivity contribution >= 4 is 10.8 Å². The van der Waals surface area contributed by atoms with Gasteiger partial charge in [-0.05, 0) is 79.2 Å². The van der Waals surface area contributed by atoms with Gasteiger partial charge in [0.1, 0.15) is 0 Å². The van der Waals surface area contributed by atoms with E-state index in [4.69, 9.17) is 4.74 Å². The van der Waals surface area contributed by atoms with Crippen molar-refractivity contribution in [2.75, 3.05) is 7.11 Å². The highest BCUT2D eigenvalue weighted by molar-refractivity contribution is 5.85. The molecule has 4 rings (SSSR count). The van der Waals surface area contributed by atoms with Crippen molar-refractivity contribution in [3.05, 3.63) is 41.7 Å². The Balaban J connectivity index is 1.25. The molecule has 2 heteroatoms. The van der Waals surface area contributed by atoms with E-state index in [1.54, 1.807) is 6.07 Å². The molecule has 2 aliphatic carbocycles. The normalized spacial score (nSPS) is 27.3. The molecule has 0 aliphatic heterocycles. The van der Waals surface area contributed by atoms with Crippen LogP contribution < -0.4 is 4.74 Å². The van der Waals surface area contributed by atoms with E-state index in [0.717, 1.165) is 35.5 Å². The number of methoxy groups -OCH3 is 1. The lowest BCUT2D eigenvalue weighted by molar-refractivity contribution is 0.141. The summed E-state index contributed by atoms with van der Waals surface area (Å²) in [5, 5.41) is 1.64. The van der Waals surface area contributed by atoms with Crippen molar-refractivity contribution in [1.82, 2.24) is 0 Å². The molecule has 0 bridgehead atoms. The Kier molecular flexibility index (Phi) is 7.33. The van der Waals surface area contributed by atoms with E-state index < -0.39 is 0 Å². The van der Waals surface area contributed by atoms with E-state index in [1.807, 2.05) is 12.1 Å². The lowest BCUT2D eigenvalue weighted by Crippen LogP contribution is -2.26. The Morgan fingerprint density at radius 1 is 0.833 bits per heavy atom. The standard InChI is InChI=1S/C28H39FO/c1-3-4-20-7-12-23(13-8-20)24-14-9-21(10-15-24)5-6-22-11-17-26-25(19-22)16-18-27(30-2)28(26)29/h11,16-21,23-24H,3-10,12-15H2,1-2H3. The number of ether oxygens (including phenoxy) is 1. The average molecular weight is 411 g/mol. The van der Waals surface area contributed by atoms with Gasteiger partial charge in [0, 0.05) is 5.39 Å². The van der Waals surface area contributed by atoms with Gasteiger partial charge in [0.05, 0.1) is 7.11 Å². The quantitative estimate of drug-likeness (QED) is 0.446. The van der Waals surface area contributed by atoms with Gasteiger partial charge in [-0.25, -0.2) is 4.39 Å². The SMILES string of the molecule is CCCC1CCC(C2CCC(CCc3ccc4c(F)c(OC)ccc4c3)CC2)CC1. The number of benzene rings is 2. The van der Waals surface area contributed by atoms with Crippen LogP contribution in [0, 0.1) is 29.5 Å². The first-order valence-corrected chi connectivity index (χ1v) is 12.4. The average Bonchev–Trinajstić information content (AvgIpc) is 2.79. The zero-order valence-electron chi connectivity index (χ0n) is 19.0. The van der Waals surface area contributed by atoms with Crippen molar-refractivity contribution in [3.8, 4) is 5.75 Å². The summed E-state index contributed by atoms with van der Waals surface area (Å²) in [5.74, 6) is 4.00. The van der Waals surface area contributed by atoms with Crippen molar-refractivity contribution in [2.45, 2.75) is 84.0 Å². The van der Waals surface area contributed by atoms with Crippen molar-refractivity contribution < 1.29 is 9.13 Å². The van der Waals surface area contributed by atoms with E-state index >= 15 is 0 Å². The number of fused-ring (bicyclic) bond motifs is 1. The van der Waals surface area contributed by atoms with Crippen molar-refractivity contribution in [3.63, 3.8) is 0 Å². The van der Waals surface area contributed by atoms with Crippen molar-refractivity contribution in [1.29, 1.82) is 0 Å². The molecule has 2 aliphatic rings. The minimum atomic E-state index is -0.247. The second-order valence-corrected chi connectivity index (χ2v) is 10.0. The van der Waals surface area contributed by atoms with E-state index in [0.29, 0.717) is 11.1 Å². The predicted octanol–water partition coefficient (Wildman–Crippen LogP) is 8.33. The van der Waals surface area contributed by atoms with Crippen LogP contribution in [0.1, 0.15) is 83.1 Å². The second kappa shape index (κ2) is 10.2. The summed E-state index contributed by atoms with van der Waals surface area (Å²) in [5.41, 5.74) is 1.34. The Bertz CT molecular complexity index is 813. The van der Waals surface area contributed by atoms with Crippen LogP contribution in [0.4, 0.5) is 4.39 Å². The largest absolute Gasteiger partial charge is 0.494 e. The Morgan fingerprint density at radius 2 is 1.47 bits per heavy atom. The third-order valence-corrected chi connectivity index (χ3v) is 8.19. The van der Waals surface area contributed by atoms with Crippen LogP contribution in [0.3, 0.4) is 0 Å². The molecule has 0 aromatic heterocycles. The Hall–Kier alpha value is -1.57. The van der Waals surface area contributed by atoms with Crippen LogP contribution >= 0.6 is 0 Å². The predicted molar refractivity (Wildman–Crippen MR) is 125 cm³/mol. The molecule has 0 radical (unpaired) electrons. The van der Waals surface area contributed by atoms with E-state index in [9.17, 15) is 4.39 Å². The topological polar surface area (TPSA) is 9.23 Å². The first-order valence-electron chi connectivity index (χ1n) is 12.4. The summed E-state index contributed by atoms with van der Waals surface area (Å²) >= 11 is 0. The minimum Gasteiger partial charge on any atom is -0.494 e. The van der Waals surface area contributed by atoms with Gasteiger partial charge in [-0.2, -0.15) is 0 Å². The third-order valence-electron chi connectivity index (χ3n) is 8.19. The highest BCUT2D eigenvalue weighted by atomic mass is 19.1. The molecule has 164 valence electrons. The molecule has 0 N–H and O–H groups in total. The van der Waals surface area contributed by atoms with Gasteiger partial charge in [0.2, 0.25) is 0 Å². The lowest BCUT2D eigenvalue weighted by atomic mass is 9.68. The number of rotatable bonds is 7. The molecule has 0 amide bonds. The van der Waals surface area contributed by atoms with Gasteiger partial charge in [-0.3, -0.25) is 0 Å². The van der Waals surface area contributed by atoms with Gasteiger partial charge in [-0.15, -0.1) is 0 Å². The smallest absolute Gasteiger partial charge is 0.172 e. The molecule has 2 saturated carbocycles. The van der Waals surface area contributed by atoms with E-state index in [2.05, 4.69) is 19.1 Å². The monoisotopic (exact) mass is 410 g/mol. The fourth-order valence-corrected chi connectivity index (χ4v) is 6.31. The van der Waals surface area contributed by atoms with Crippen LogP contribution in [-0.2, 0) is 6.42 Å². The highest BCUT2D eigenvalue weighted by Crippen LogP contribution is 2.43. The summed E-state index contributed by atoms with van der Waals surface area (Å²) in [7, 11) is 1.52. The number of hydrogen-bond donors (Lipinski definition) is 0. The highest BCUT2D eigenvalue weighted by Gasteiger charge is 2.30. The van der Waals surface area contributed by atoms with E-state index in [-0.39, 0.29) is 5.82 Å². The summed E-state index contributed by atoms with van der Waals surface area (Å²) in [4.78, 5) is 0. The van der Waals surface area contributed by atoms with Gasteiger partial charge >= 0.3 is 0 Å². The fourth-order valence-electron chi connectivity index (χ4n) is 6.31. The molecule has 2 aromatic carbocycles. The Labute approximate surface area is 182 Å². The summed E-state index contributed by atoms with van der Waals surface area (Å²) in [6, 6.07) is 9.90. The zero-order valence-corrected chi connectivity index (χ0v) is 19.0. The maximum Gasteiger partial charge on any atom is 0.172 e. The van der Waals surface area contributed by atoms with Gasteiger partial charge in [0.25, 0.3) is 0 Å². The third kappa shape index (κ3) is 5.01. The maximum atomic E-state index is 14.4. The Morgan fingerprint density at radius 3 is 2.07 bits per heavy atom. The zero-order chi connectivity index (χ0) is 20.9. The summed E-state index contributed by atoms with van der Waals surface area (Å²) in [6.07, 6.45) is 16.9.